The molecule has 0 atom stereocenters. The number of urea groups is 1. The van der Waals surface area contributed by atoms with Gasteiger partial charge < -0.3 is 14.4 Å². The predicted octanol–water partition coefficient (Wildman–Crippen LogP) is 4.20. The summed E-state index contributed by atoms with van der Waals surface area (Å²) < 4.78 is 19.0. The Morgan fingerprint density at radius 1 is 1.00 bits per heavy atom. The molecule has 1 saturated heterocycles. The molecule has 188 valence electrons. The number of aromatic nitrogens is 5. The molecule has 0 aliphatic carbocycles. The summed E-state index contributed by atoms with van der Waals surface area (Å²) in [5.74, 6) is -0.392. The third-order valence-electron chi connectivity index (χ3n) is 7.61. The van der Waals surface area contributed by atoms with Crippen molar-refractivity contribution in [1.29, 1.82) is 0 Å². The lowest BCUT2D eigenvalue weighted by molar-refractivity contribution is 0.140. The monoisotopic (exact) mass is 499 g/mol. The summed E-state index contributed by atoms with van der Waals surface area (Å²) >= 11 is 0. The van der Waals surface area contributed by atoms with E-state index in [9.17, 15) is 9.59 Å². The highest BCUT2D eigenvalue weighted by Crippen LogP contribution is 2.37. The molecule has 0 bridgehead atoms. The Hall–Kier alpha value is -4.34. The van der Waals surface area contributed by atoms with Crippen LogP contribution < -0.4 is 5.56 Å². The van der Waals surface area contributed by atoms with Crippen LogP contribution >= 0.6 is 0 Å². The van der Waals surface area contributed by atoms with Gasteiger partial charge >= 0.3 is 6.03 Å². The summed E-state index contributed by atoms with van der Waals surface area (Å²) in [6.07, 6.45) is 8.71. The van der Waals surface area contributed by atoms with Gasteiger partial charge in [0.1, 0.15) is 11.5 Å². The lowest BCUT2D eigenvalue weighted by Gasteiger charge is -2.32. The smallest absolute Gasteiger partial charge is 0.320 e. The minimum absolute atomic E-state index is 0.0139. The van der Waals surface area contributed by atoms with Crippen molar-refractivity contribution in [3.63, 3.8) is 0 Å². The zero-order valence-electron chi connectivity index (χ0n) is 20.2. The molecule has 1 fully saturated rings. The van der Waals surface area contributed by atoms with E-state index in [1.54, 1.807) is 6.20 Å². The van der Waals surface area contributed by atoms with Crippen molar-refractivity contribution in [2.45, 2.75) is 32.4 Å². The van der Waals surface area contributed by atoms with Gasteiger partial charge in [-0.1, -0.05) is 6.07 Å². The number of aromatic amines is 2. The molecule has 10 heteroatoms. The van der Waals surface area contributed by atoms with E-state index in [4.69, 9.17) is 0 Å². The number of likely N-dealkylation sites (tertiary alicyclic amines) is 1. The number of H-pyrrole nitrogens is 2. The molecule has 0 saturated carbocycles. The number of carbonyl (C=O) groups is 1. The molecule has 2 N–H and O–H groups in total. The Balaban J connectivity index is 1.35. The fourth-order valence-corrected chi connectivity index (χ4v) is 5.87. The number of pyridine rings is 1. The van der Waals surface area contributed by atoms with Gasteiger partial charge in [-0.3, -0.25) is 19.4 Å². The van der Waals surface area contributed by atoms with Crippen LogP contribution in [0.15, 0.2) is 53.7 Å². The molecule has 7 rings (SSSR count). The van der Waals surface area contributed by atoms with E-state index in [2.05, 4.69) is 15.2 Å². The molecule has 37 heavy (non-hydrogen) atoms. The highest BCUT2D eigenvalue weighted by molar-refractivity contribution is 6.00. The van der Waals surface area contributed by atoms with E-state index >= 15 is 4.39 Å². The highest BCUT2D eigenvalue weighted by atomic mass is 19.1. The fraction of sp³-hybridized carbons (Fsp3) is 0.296. The Morgan fingerprint density at radius 3 is 2.73 bits per heavy atom. The van der Waals surface area contributed by atoms with Gasteiger partial charge in [0, 0.05) is 56.1 Å². The van der Waals surface area contributed by atoms with E-state index in [0.717, 1.165) is 54.8 Å². The van der Waals surface area contributed by atoms with Gasteiger partial charge in [0.15, 0.2) is 0 Å². The standard InChI is InChI=1S/C27H26FN7O2/c28-18-12-17-15-34(27(37)32-7-3-1-4-8-32)11-10-33-16-20(19(13-18)25(17)33)23-24(30-31-26(23)36)21-14-29-22-6-2-5-9-35(21)22/h2,5-6,9,12-14,16H,1,3-4,7-8,10-11,15H2,(H2,30,31,36). The largest absolute Gasteiger partial charge is 0.345 e. The number of fused-ring (bicyclic) bond motifs is 1. The Labute approximate surface area is 211 Å². The maximum absolute atomic E-state index is 15.0. The molecule has 2 amide bonds. The van der Waals surface area contributed by atoms with Gasteiger partial charge in [-0.05, 0) is 49.1 Å². The third-order valence-corrected chi connectivity index (χ3v) is 7.61. The van der Waals surface area contributed by atoms with Crippen LogP contribution in [0.5, 0.6) is 0 Å². The average Bonchev–Trinajstić information content (AvgIpc) is 3.57. The first-order chi connectivity index (χ1) is 18.1. The maximum Gasteiger partial charge on any atom is 0.320 e. The second-order valence-corrected chi connectivity index (χ2v) is 9.85. The Morgan fingerprint density at radius 2 is 1.86 bits per heavy atom. The van der Waals surface area contributed by atoms with Crippen LogP contribution in [-0.4, -0.2) is 59.6 Å². The number of nitrogens with one attached hydrogen (secondary N) is 2. The van der Waals surface area contributed by atoms with Gasteiger partial charge in [-0.25, -0.2) is 14.2 Å². The first kappa shape index (κ1) is 21.9. The fourth-order valence-electron chi connectivity index (χ4n) is 5.87. The predicted molar refractivity (Wildman–Crippen MR) is 138 cm³/mol. The zero-order valence-corrected chi connectivity index (χ0v) is 20.2. The number of imidazole rings is 1. The third kappa shape index (κ3) is 3.46. The van der Waals surface area contributed by atoms with Crippen LogP contribution in [0.25, 0.3) is 39.1 Å². The number of halogens is 1. The normalized spacial score (nSPS) is 16.0. The van der Waals surface area contributed by atoms with E-state index in [-0.39, 0.29) is 11.6 Å². The summed E-state index contributed by atoms with van der Waals surface area (Å²) in [5, 5.41) is 6.38. The van der Waals surface area contributed by atoms with E-state index in [1.165, 1.54) is 12.1 Å². The van der Waals surface area contributed by atoms with Crippen LogP contribution in [0.2, 0.25) is 0 Å². The second-order valence-electron chi connectivity index (χ2n) is 9.85. The van der Waals surface area contributed by atoms with Gasteiger partial charge in [0.2, 0.25) is 0 Å². The van der Waals surface area contributed by atoms with Gasteiger partial charge in [-0.2, -0.15) is 0 Å². The van der Waals surface area contributed by atoms with E-state index in [0.29, 0.717) is 41.8 Å². The summed E-state index contributed by atoms with van der Waals surface area (Å²) in [6.45, 7) is 2.94. The molecular formula is C27H26FN7O2. The number of hydrogen-bond donors (Lipinski definition) is 2. The second kappa shape index (κ2) is 8.36. The number of nitrogens with zero attached hydrogens (tertiary/aromatic N) is 5. The Bertz CT molecular complexity index is 1720. The average molecular weight is 500 g/mol. The van der Waals surface area contributed by atoms with Crippen LogP contribution in [0.4, 0.5) is 9.18 Å². The van der Waals surface area contributed by atoms with Gasteiger partial charge in [-0.15, -0.1) is 0 Å². The number of piperidine rings is 1. The number of benzene rings is 1. The molecule has 2 aliphatic heterocycles. The van der Waals surface area contributed by atoms with Crippen molar-refractivity contribution < 1.29 is 9.18 Å². The molecule has 2 aliphatic rings. The number of amides is 2. The first-order valence-corrected chi connectivity index (χ1v) is 12.7. The van der Waals surface area contributed by atoms with E-state index < -0.39 is 5.82 Å². The summed E-state index contributed by atoms with van der Waals surface area (Å²) in [7, 11) is 0. The summed E-state index contributed by atoms with van der Waals surface area (Å²) in [4.78, 5) is 34.5. The lowest BCUT2D eigenvalue weighted by Crippen LogP contribution is -2.45. The molecular weight excluding hydrogens is 473 g/mol. The van der Waals surface area contributed by atoms with Crippen molar-refractivity contribution in [3.05, 3.63) is 70.7 Å². The van der Waals surface area contributed by atoms with Crippen molar-refractivity contribution in [3.8, 4) is 22.5 Å². The molecule has 5 aromatic rings. The number of carbonyl (C=O) groups excluding carboxylic acids is 1. The zero-order chi connectivity index (χ0) is 25.1. The lowest BCUT2D eigenvalue weighted by atomic mass is 10.0. The maximum atomic E-state index is 15.0. The van der Waals surface area contributed by atoms with Crippen LogP contribution in [0.1, 0.15) is 24.8 Å². The van der Waals surface area contributed by atoms with Crippen LogP contribution in [-0.2, 0) is 13.1 Å². The molecule has 4 aromatic heterocycles. The van der Waals surface area contributed by atoms with Gasteiger partial charge in [0.25, 0.3) is 5.56 Å². The summed E-state index contributed by atoms with van der Waals surface area (Å²) in [5.41, 5.74) is 4.48. The van der Waals surface area contributed by atoms with Crippen molar-refractivity contribution in [2.75, 3.05) is 19.6 Å². The SMILES string of the molecule is O=C(N1CCCCC1)N1CCn2cc(-c3c(-c4cnc5ccccn45)[nH][nH]c3=O)c3cc(F)cc(c32)C1. The number of hydrogen-bond acceptors (Lipinski definition) is 3. The molecule has 0 spiro atoms. The minimum atomic E-state index is -0.392. The van der Waals surface area contributed by atoms with Crippen LogP contribution in [0, 0.1) is 5.82 Å². The van der Waals surface area contributed by atoms with E-state index in [1.807, 2.05) is 49.4 Å². The van der Waals surface area contributed by atoms with Crippen molar-refractivity contribution in [1.82, 2.24) is 33.9 Å². The minimum Gasteiger partial charge on any atom is -0.345 e. The molecule has 0 unspecified atom stereocenters. The highest BCUT2D eigenvalue weighted by Gasteiger charge is 2.28. The Kier molecular flexibility index (Phi) is 4.95. The quantitative estimate of drug-likeness (QED) is 0.381. The summed E-state index contributed by atoms with van der Waals surface area (Å²) in [6, 6.07) is 8.71. The molecule has 1 aromatic carbocycles. The topological polar surface area (TPSA) is 94.4 Å². The van der Waals surface area contributed by atoms with Crippen molar-refractivity contribution in [2.24, 2.45) is 0 Å². The van der Waals surface area contributed by atoms with Crippen LogP contribution in [0.3, 0.4) is 0 Å². The van der Waals surface area contributed by atoms with Crippen molar-refractivity contribution >= 4 is 22.6 Å². The number of rotatable bonds is 2. The molecule has 0 radical (unpaired) electrons. The first-order valence-electron chi connectivity index (χ1n) is 12.7. The molecule has 9 nitrogen and oxygen atoms in total. The van der Waals surface area contributed by atoms with Gasteiger partial charge in [0.05, 0.1) is 28.7 Å². The molecule has 6 heterocycles.